The van der Waals surface area contributed by atoms with Crippen LogP contribution in [0.3, 0.4) is 0 Å². The van der Waals surface area contributed by atoms with Gasteiger partial charge in [-0.1, -0.05) is 30.1 Å². The monoisotopic (exact) mass is 562 g/mol. The van der Waals surface area contributed by atoms with Gasteiger partial charge in [0.05, 0.1) is 0 Å². The number of carbonyl (C=O) groups excluding carboxylic acids is 3. The van der Waals surface area contributed by atoms with Gasteiger partial charge in [0.2, 0.25) is 5.91 Å². The zero-order valence-electron chi connectivity index (χ0n) is 21.4. The van der Waals surface area contributed by atoms with Gasteiger partial charge in [-0.2, -0.15) is 0 Å². The molecule has 0 radical (unpaired) electrons. The average Bonchev–Trinajstić information content (AvgIpc) is 2.92. The molecular formula is C25H32Cl2N8O3. The standard InChI is InChI=1S/C25H32Cl2N8O3/c1-3-18-14-34(23-21(27)29-20(22(28)30-23)24(37)32-31-15(2)36)12-13-35(18)19-8-10-33(11-9-19)25(38)16-4-6-17(26)7-5-16/h4-7,18-19H,3,8-14H2,1-2H3,(H2,28,30)(H,31,36)(H,32,37)/t18-/m0/s1. The van der Waals surface area contributed by atoms with E-state index in [1.807, 2.05) is 9.80 Å². The molecule has 1 aromatic carbocycles. The van der Waals surface area contributed by atoms with Gasteiger partial charge in [0, 0.05) is 62.3 Å². The van der Waals surface area contributed by atoms with Crippen LogP contribution in [0.4, 0.5) is 11.6 Å². The van der Waals surface area contributed by atoms with Crippen LogP contribution >= 0.6 is 23.2 Å². The van der Waals surface area contributed by atoms with Crippen LogP contribution in [-0.2, 0) is 4.79 Å². The molecule has 4 rings (SSSR count). The molecule has 0 unspecified atom stereocenters. The minimum absolute atomic E-state index is 0.0389. The Kier molecular flexibility index (Phi) is 8.91. The van der Waals surface area contributed by atoms with Crippen molar-refractivity contribution in [3.63, 3.8) is 0 Å². The Bertz CT molecular complexity index is 1190. The van der Waals surface area contributed by atoms with Crippen molar-refractivity contribution in [1.29, 1.82) is 0 Å². The Balaban J connectivity index is 1.37. The first-order chi connectivity index (χ1) is 18.2. The summed E-state index contributed by atoms with van der Waals surface area (Å²) in [5, 5.41) is 0.688. The average molecular weight is 563 g/mol. The second-order valence-electron chi connectivity index (χ2n) is 9.48. The first-order valence-corrected chi connectivity index (χ1v) is 13.4. The number of piperazine rings is 1. The summed E-state index contributed by atoms with van der Waals surface area (Å²) in [6, 6.07) is 7.66. The van der Waals surface area contributed by atoms with Crippen LogP contribution < -0.4 is 21.5 Å². The maximum absolute atomic E-state index is 12.9. The quantitative estimate of drug-likeness (QED) is 0.472. The second kappa shape index (κ2) is 12.1. The van der Waals surface area contributed by atoms with Crippen LogP contribution in [0, 0.1) is 0 Å². The van der Waals surface area contributed by atoms with Crippen molar-refractivity contribution in [3.05, 3.63) is 45.7 Å². The van der Waals surface area contributed by atoms with Crippen LogP contribution in [0.1, 0.15) is 54.0 Å². The first kappa shape index (κ1) is 27.9. The van der Waals surface area contributed by atoms with Gasteiger partial charge in [0.15, 0.2) is 22.5 Å². The van der Waals surface area contributed by atoms with Crippen molar-refractivity contribution >= 4 is 52.6 Å². The van der Waals surface area contributed by atoms with Crippen molar-refractivity contribution in [2.45, 2.75) is 45.2 Å². The zero-order valence-corrected chi connectivity index (χ0v) is 22.9. The second-order valence-corrected chi connectivity index (χ2v) is 10.3. The number of anilines is 2. The van der Waals surface area contributed by atoms with Crippen LogP contribution in [-0.4, -0.2) is 82.3 Å². The van der Waals surface area contributed by atoms with E-state index in [1.54, 1.807) is 24.3 Å². The van der Waals surface area contributed by atoms with Gasteiger partial charge in [0.25, 0.3) is 11.8 Å². The van der Waals surface area contributed by atoms with Gasteiger partial charge in [-0.05, 0) is 43.5 Å². The third-order valence-corrected chi connectivity index (χ3v) is 7.55. The van der Waals surface area contributed by atoms with E-state index in [-0.39, 0.29) is 28.6 Å². The van der Waals surface area contributed by atoms with E-state index >= 15 is 0 Å². The van der Waals surface area contributed by atoms with Crippen molar-refractivity contribution < 1.29 is 14.4 Å². The van der Waals surface area contributed by atoms with Gasteiger partial charge in [0.1, 0.15) is 0 Å². The summed E-state index contributed by atoms with van der Waals surface area (Å²) in [5.74, 6) is -0.732. The summed E-state index contributed by atoms with van der Waals surface area (Å²) in [7, 11) is 0. The number of halogens is 2. The lowest BCUT2D eigenvalue weighted by molar-refractivity contribution is -0.119. The molecular weight excluding hydrogens is 531 g/mol. The lowest BCUT2D eigenvalue weighted by Gasteiger charge is -2.47. The molecule has 2 saturated heterocycles. The number of rotatable bonds is 5. The Morgan fingerprint density at radius 3 is 2.34 bits per heavy atom. The number of hydrogen-bond acceptors (Lipinski definition) is 8. The number of hydrazine groups is 1. The predicted octanol–water partition coefficient (Wildman–Crippen LogP) is 2.35. The molecule has 1 atom stereocenters. The molecule has 0 spiro atoms. The maximum Gasteiger partial charge on any atom is 0.292 e. The SMILES string of the molecule is CC[C@H]1CN(c2nc(N)c(C(=O)NNC(C)=O)nc2Cl)CCN1C1CCN(C(=O)c2ccc(Cl)cc2)CC1. The maximum atomic E-state index is 12.9. The molecule has 3 amide bonds. The van der Waals surface area contributed by atoms with Crippen molar-refractivity contribution in [2.75, 3.05) is 43.4 Å². The molecule has 204 valence electrons. The van der Waals surface area contributed by atoms with E-state index in [9.17, 15) is 14.4 Å². The molecule has 0 bridgehead atoms. The number of carbonyl (C=O) groups is 3. The van der Waals surface area contributed by atoms with E-state index in [2.05, 4.69) is 32.6 Å². The molecule has 3 heterocycles. The first-order valence-electron chi connectivity index (χ1n) is 12.6. The molecule has 13 heteroatoms. The highest BCUT2D eigenvalue weighted by molar-refractivity contribution is 6.32. The van der Waals surface area contributed by atoms with E-state index < -0.39 is 11.8 Å². The van der Waals surface area contributed by atoms with Gasteiger partial charge in [-0.15, -0.1) is 0 Å². The third kappa shape index (κ3) is 6.28. The van der Waals surface area contributed by atoms with Gasteiger partial charge >= 0.3 is 0 Å². The molecule has 2 aliphatic rings. The minimum atomic E-state index is -0.698. The normalized spacial score (nSPS) is 18.8. The fourth-order valence-corrected chi connectivity index (χ4v) is 5.44. The fraction of sp³-hybridized carbons (Fsp3) is 0.480. The zero-order chi connectivity index (χ0) is 27.4. The predicted molar refractivity (Wildman–Crippen MR) is 146 cm³/mol. The lowest BCUT2D eigenvalue weighted by atomic mass is 9.97. The summed E-state index contributed by atoms with van der Waals surface area (Å²) in [4.78, 5) is 51.2. The number of nitrogens with zero attached hydrogens (tertiary/aromatic N) is 5. The number of aromatic nitrogens is 2. The Labute approximate surface area is 231 Å². The highest BCUT2D eigenvalue weighted by Gasteiger charge is 2.35. The number of piperidine rings is 1. The van der Waals surface area contributed by atoms with Crippen LogP contribution in [0.5, 0.6) is 0 Å². The van der Waals surface area contributed by atoms with E-state index in [0.717, 1.165) is 25.8 Å². The Morgan fingerprint density at radius 1 is 1.03 bits per heavy atom. The number of nitrogens with one attached hydrogen (secondary N) is 2. The molecule has 0 aliphatic carbocycles. The minimum Gasteiger partial charge on any atom is -0.382 e. The molecule has 2 aromatic rings. The molecule has 1 aromatic heterocycles. The largest absolute Gasteiger partial charge is 0.382 e. The van der Waals surface area contributed by atoms with Gasteiger partial charge < -0.3 is 15.5 Å². The third-order valence-electron chi connectivity index (χ3n) is 7.04. The number of hydrogen-bond donors (Lipinski definition) is 3. The lowest BCUT2D eigenvalue weighted by Crippen LogP contribution is -2.58. The molecule has 4 N–H and O–H groups in total. The van der Waals surface area contributed by atoms with Crippen molar-refractivity contribution in [1.82, 2.24) is 30.6 Å². The summed E-state index contributed by atoms with van der Waals surface area (Å²) in [5.41, 5.74) is 10.9. The summed E-state index contributed by atoms with van der Waals surface area (Å²) in [6.45, 7) is 6.99. The van der Waals surface area contributed by atoms with Crippen molar-refractivity contribution in [2.24, 2.45) is 0 Å². The Hall–Kier alpha value is -3.15. The summed E-state index contributed by atoms with van der Waals surface area (Å²) in [6.07, 6.45) is 2.74. The summed E-state index contributed by atoms with van der Waals surface area (Å²) < 4.78 is 0. The topological polar surface area (TPSA) is 137 Å². The number of benzene rings is 1. The van der Waals surface area contributed by atoms with E-state index in [4.69, 9.17) is 28.9 Å². The van der Waals surface area contributed by atoms with Gasteiger partial charge in [-0.25, -0.2) is 9.97 Å². The molecule has 2 fully saturated rings. The van der Waals surface area contributed by atoms with E-state index in [1.165, 1.54) is 6.92 Å². The van der Waals surface area contributed by atoms with Crippen LogP contribution in [0.25, 0.3) is 0 Å². The van der Waals surface area contributed by atoms with Crippen LogP contribution in [0.2, 0.25) is 10.2 Å². The highest BCUT2D eigenvalue weighted by Crippen LogP contribution is 2.30. The number of amides is 3. The smallest absolute Gasteiger partial charge is 0.292 e. The fourth-order valence-electron chi connectivity index (χ4n) is 5.07. The molecule has 11 nitrogen and oxygen atoms in total. The van der Waals surface area contributed by atoms with Crippen molar-refractivity contribution in [3.8, 4) is 0 Å². The number of nitrogen functional groups attached to an aromatic ring is 1. The highest BCUT2D eigenvalue weighted by atomic mass is 35.5. The van der Waals surface area contributed by atoms with Crippen LogP contribution in [0.15, 0.2) is 24.3 Å². The number of likely N-dealkylation sites (tertiary alicyclic amines) is 1. The van der Waals surface area contributed by atoms with E-state index in [0.29, 0.717) is 48.6 Å². The molecule has 38 heavy (non-hydrogen) atoms. The number of nitrogens with two attached hydrogens (primary N) is 1. The Morgan fingerprint density at radius 2 is 1.71 bits per heavy atom. The molecule has 0 saturated carbocycles. The molecule has 2 aliphatic heterocycles. The van der Waals surface area contributed by atoms with Gasteiger partial charge in [-0.3, -0.25) is 30.1 Å². The summed E-state index contributed by atoms with van der Waals surface area (Å²) >= 11 is 12.4.